The van der Waals surface area contributed by atoms with Crippen molar-refractivity contribution in [1.82, 2.24) is 0 Å². The van der Waals surface area contributed by atoms with Gasteiger partial charge in [-0.3, -0.25) is 0 Å². The Morgan fingerprint density at radius 2 is 1.81 bits per heavy atom. The van der Waals surface area contributed by atoms with E-state index in [-0.39, 0.29) is 11.3 Å². The summed E-state index contributed by atoms with van der Waals surface area (Å²) in [6.07, 6.45) is 2.97. The summed E-state index contributed by atoms with van der Waals surface area (Å²) in [4.78, 5) is 0. The molecule has 4 heteroatoms. The predicted octanol–water partition coefficient (Wildman–Crippen LogP) is 1.75. The van der Waals surface area contributed by atoms with E-state index in [1.807, 2.05) is 0 Å². The first-order chi connectivity index (χ1) is 7.60. The number of rotatable bonds is 3. The normalized spacial score (nSPS) is 17.7. The smallest absolute Gasteiger partial charge is 0.164 e. The van der Waals surface area contributed by atoms with Crippen molar-refractivity contribution in [3.05, 3.63) is 17.7 Å². The molecule has 0 spiro atoms. The number of methoxy groups -OCH3 is 2. The van der Waals surface area contributed by atoms with Crippen molar-refractivity contribution in [2.75, 3.05) is 14.2 Å². The summed E-state index contributed by atoms with van der Waals surface area (Å²) in [6.45, 7) is 0. The second kappa shape index (κ2) is 3.87. The molecule has 0 radical (unpaired) electrons. The molecule has 1 aromatic carbocycles. The minimum atomic E-state index is -0.352. The molecule has 3 N–H and O–H groups in total. The van der Waals surface area contributed by atoms with Crippen molar-refractivity contribution in [1.29, 1.82) is 0 Å². The van der Waals surface area contributed by atoms with Crippen LogP contribution in [0.15, 0.2) is 12.1 Å². The number of aromatic hydroxyl groups is 1. The third-order valence-corrected chi connectivity index (χ3v) is 3.28. The van der Waals surface area contributed by atoms with Crippen LogP contribution >= 0.6 is 0 Å². The van der Waals surface area contributed by atoms with E-state index in [4.69, 9.17) is 15.2 Å². The number of ether oxygens (including phenoxy) is 2. The van der Waals surface area contributed by atoms with Gasteiger partial charge in [-0.1, -0.05) is 0 Å². The molecule has 0 atom stereocenters. The minimum Gasteiger partial charge on any atom is -0.504 e. The van der Waals surface area contributed by atoms with E-state index in [9.17, 15) is 5.11 Å². The van der Waals surface area contributed by atoms with Gasteiger partial charge in [-0.15, -0.1) is 0 Å². The number of hydrogen-bond donors (Lipinski definition) is 2. The highest BCUT2D eigenvalue weighted by atomic mass is 16.5. The van der Waals surface area contributed by atoms with Gasteiger partial charge in [-0.25, -0.2) is 0 Å². The summed E-state index contributed by atoms with van der Waals surface area (Å²) in [5, 5.41) is 9.76. The van der Waals surface area contributed by atoms with E-state index in [2.05, 4.69) is 0 Å². The first-order valence-electron chi connectivity index (χ1n) is 5.35. The third kappa shape index (κ3) is 1.59. The Labute approximate surface area is 95.0 Å². The standard InChI is InChI=1S/C12H17NO3/c1-15-10-7-11(16-2)9(14)6-8(10)12(13)4-3-5-12/h6-7,14H,3-5,13H2,1-2H3. The molecule has 1 aromatic rings. The highest BCUT2D eigenvalue weighted by molar-refractivity contribution is 5.53. The van der Waals surface area contributed by atoms with Gasteiger partial charge in [-0.05, 0) is 25.3 Å². The fourth-order valence-corrected chi connectivity index (χ4v) is 2.10. The van der Waals surface area contributed by atoms with Gasteiger partial charge in [0.1, 0.15) is 5.75 Å². The predicted molar refractivity (Wildman–Crippen MR) is 60.9 cm³/mol. The Bertz CT molecular complexity index is 399. The van der Waals surface area contributed by atoms with Crippen LogP contribution in [0.1, 0.15) is 24.8 Å². The topological polar surface area (TPSA) is 64.7 Å². The van der Waals surface area contributed by atoms with Crippen LogP contribution in [-0.2, 0) is 5.54 Å². The lowest BCUT2D eigenvalue weighted by Crippen LogP contribution is -2.43. The third-order valence-electron chi connectivity index (χ3n) is 3.28. The van der Waals surface area contributed by atoms with E-state index < -0.39 is 0 Å². The zero-order valence-electron chi connectivity index (χ0n) is 9.62. The fraction of sp³-hybridized carbons (Fsp3) is 0.500. The molecule has 2 rings (SSSR count). The van der Waals surface area contributed by atoms with Crippen LogP contribution in [0.3, 0.4) is 0 Å². The van der Waals surface area contributed by atoms with Crippen molar-refractivity contribution in [2.45, 2.75) is 24.8 Å². The maximum absolute atomic E-state index is 9.76. The van der Waals surface area contributed by atoms with Gasteiger partial charge in [-0.2, -0.15) is 0 Å². The molecule has 1 aliphatic rings. The van der Waals surface area contributed by atoms with Gasteiger partial charge in [0.2, 0.25) is 0 Å². The van der Waals surface area contributed by atoms with Crippen LogP contribution in [0.2, 0.25) is 0 Å². The van der Waals surface area contributed by atoms with E-state index in [0.29, 0.717) is 11.5 Å². The molecule has 1 fully saturated rings. The van der Waals surface area contributed by atoms with Gasteiger partial charge in [0.15, 0.2) is 11.5 Å². The monoisotopic (exact) mass is 223 g/mol. The molecule has 1 saturated carbocycles. The minimum absolute atomic E-state index is 0.107. The Morgan fingerprint density at radius 1 is 1.19 bits per heavy atom. The molecule has 0 bridgehead atoms. The van der Waals surface area contributed by atoms with Gasteiger partial charge in [0.05, 0.1) is 14.2 Å². The average Bonchev–Trinajstić information content (AvgIpc) is 2.25. The molecule has 16 heavy (non-hydrogen) atoms. The van der Waals surface area contributed by atoms with Crippen LogP contribution in [0.5, 0.6) is 17.2 Å². The Morgan fingerprint density at radius 3 is 2.25 bits per heavy atom. The van der Waals surface area contributed by atoms with Crippen molar-refractivity contribution < 1.29 is 14.6 Å². The Kier molecular flexibility index (Phi) is 2.68. The lowest BCUT2D eigenvalue weighted by atomic mass is 9.72. The largest absolute Gasteiger partial charge is 0.504 e. The lowest BCUT2D eigenvalue weighted by Gasteiger charge is -2.39. The van der Waals surface area contributed by atoms with Crippen molar-refractivity contribution in [3.63, 3.8) is 0 Å². The van der Waals surface area contributed by atoms with E-state index in [1.165, 1.54) is 7.11 Å². The summed E-state index contributed by atoms with van der Waals surface area (Å²) < 4.78 is 10.3. The first kappa shape index (κ1) is 11.1. The summed E-state index contributed by atoms with van der Waals surface area (Å²) in [6, 6.07) is 3.33. The second-order valence-corrected chi connectivity index (χ2v) is 4.23. The molecule has 0 heterocycles. The SMILES string of the molecule is COc1cc(OC)c(C2(N)CCC2)cc1O. The average molecular weight is 223 g/mol. The molecule has 0 aromatic heterocycles. The van der Waals surface area contributed by atoms with Gasteiger partial charge >= 0.3 is 0 Å². The number of phenols is 1. The van der Waals surface area contributed by atoms with E-state index >= 15 is 0 Å². The summed E-state index contributed by atoms with van der Waals surface area (Å²) >= 11 is 0. The zero-order chi connectivity index (χ0) is 11.8. The highest BCUT2D eigenvalue weighted by Crippen LogP contribution is 2.46. The zero-order valence-corrected chi connectivity index (χ0v) is 9.62. The number of benzene rings is 1. The molecule has 0 saturated heterocycles. The maximum atomic E-state index is 9.76. The highest BCUT2D eigenvalue weighted by Gasteiger charge is 2.37. The van der Waals surface area contributed by atoms with Gasteiger partial charge in [0, 0.05) is 17.2 Å². The molecule has 0 amide bonds. The van der Waals surface area contributed by atoms with Crippen LogP contribution < -0.4 is 15.2 Å². The van der Waals surface area contributed by atoms with Gasteiger partial charge < -0.3 is 20.3 Å². The van der Waals surface area contributed by atoms with Crippen molar-refractivity contribution in [2.24, 2.45) is 5.73 Å². The van der Waals surface area contributed by atoms with Crippen LogP contribution in [0, 0.1) is 0 Å². The lowest BCUT2D eigenvalue weighted by molar-refractivity contribution is 0.242. The van der Waals surface area contributed by atoms with Gasteiger partial charge in [0.25, 0.3) is 0 Å². The molecular formula is C12H17NO3. The molecule has 88 valence electrons. The van der Waals surface area contributed by atoms with Crippen LogP contribution in [-0.4, -0.2) is 19.3 Å². The maximum Gasteiger partial charge on any atom is 0.164 e. The van der Waals surface area contributed by atoms with Crippen LogP contribution in [0.4, 0.5) is 0 Å². The first-order valence-corrected chi connectivity index (χ1v) is 5.35. The molecule has 0 aliphatic heterocycles. The number of nitrogens with two attached hydrogens (primary N) is 1. The summed E-state index contributed by atoms with van der Waals surface area (Å²) in [5.74, 6) is 1.19. The number of phenolic OH excluding ortho intramolecular Hbond substituents is 1. The number of hydrogen-bond acceptors (Lipinski definition) is 4. The quantitative estimate of drug-likeness (QED) is 0.819. The summed E-state index contributed by atoms with van der Waals surface area (Å²) in [7, 11) is 3.10. The Hall–Kier alpha value is -1.42. The van der Waals surface area contributed by atoms with Crippen LogP contribution in [0.25, 0.3) is 0 Å². The molecule has 1 aliphatic carbocycles. The van der Waals surface area contributed by atoms with Crippen molar-refractivity contribution >= 4 is 0 Å². The van der Waals surface area contributed by atoms with E-state index in [1.54, 1.807) is 19.2 Å². The molecule has 0 unspecified atom stereocenters. The van der Waals surface area contributed by atoms with Crippen molar-refractivity contribution in [3.8, 4) is 17.2 Å². The fourth-order valence-electron chi connectivity index (χ4n) is 2.10. The van der Waals surface area contributed by atoms with E-state index in [0.717, 1.165) is 24.8 Å². The molecule has 4 nitrogen and oxygen atoms in total. The molecular weight excluding hydrogens is 206 g/mol. The Balaban J connectivity index is 2.48. The summed E-state index contributed by atoms with van der Waals surface area (Å²) in [5.41, 5.74) is 6.74. The second-order valence-electron chi connectivity index (χ2n) is 4.23.